The van der Waals surface area contributed by atoms with Gasteiger partial charge in [0.1, 0.15) is 6.04 Å². The molecular weight excluding hydrogens is 236 g/mol. The van der Waals surface area contributed by atoms with Crippen LogP contribution < -0.4 is 5.32 Å². The minimum Gasteiger partial charge on any atom is -0.343 e. The van der Waals surface area contributed by atoms with Crippen molar-refractivity contribution in [2.75, 3.05) is 24.6 Å². The smallest absolute Gasteiger partial charge is 0.245 e. The van der Waals surface area contributed by atoms with Crippen LogP contribution in [-0.2, 0) is 9.59 Å². The van der Waals surface area contributed by atoms with Gasteiger partial charge in [0.25, 0.3) is 0 Å². The first-order valence-electron chi connectivity index (χ1n) is 5.78. The van der Waals surface area contributed by atoms with Gasteiger partial charge >= 0.3 is 0 Å². The van der Waals surface area contributed by atoms with Crippen molar-refractivity contribution < 1.29 is 9.59 Å². The molecule has 2 amide bonds. The second-order valence-corrected chi connectivity index (χ2v) is 5.03. The van der Waals surface area contributed by atoms with E-state index in [-0.39, 0.29) is 24.4 Å². The van der Waals surface area contributed by atoms with Crippen molar-refractivity contribution in [2.24, 2.45) is 0 Å². The molecule has 1 unspecified atom stereocenters. The van der Waals surface area contributed by atoms with Crippen LogP contribution in [0.1, 0.15) is 19.8 Å². The minimum absolute atomic E-state index is 0.0350. The van der Waals surface area contributed by atoms with E-state index in [2.05, 4.69) is 11.2 Å². The van der Waals surface area contributed by atoms with Crippen molar-refractivity contribution in [3.63, 3.8) is 0 Å². The molecule has 4 nitrogen and oxygen atoms in total. The Morgan fingerprint density at radius 3 is 3.00 bits per heavy atom. The highest BCUT2D eigenvalue weighted by atomic mass is 32.2. The van der Waals surface area contributed by atoms with Crippen molar-refractivity contribution in [1.82, 2.24) is 10.2 Å². The zero-order valence-corrected chi connectivity index (χ0v) is 10.9. The fraction of sp³-hybridized carbons (Fsp3) is 0.667. The number of nitrogens with one attached hydrogen (secondary N) is 1. The van der Waals surface area contributed by atoms with Gasteiger partial charge in [-0.1, -0.05) is 19.3 Å². The van der Waals surface area contributed by atoms with Gasteiger partial charge in [-0.2, -0.15) is 0 Å². The molecule has 0 aromatic heterocycles. The van der Waals surface area contributed by atoms with Crippen LogP contribution in [0.15, 0.2) is 0 Å². The van der Waals surface area contributed by atoms with E-state index in [0.717, 1.165) is 12.2 Å². The fourth-order valence-electron chi connectivity index (χ4n) is 1.75. The SMILES string of the molecule is C#CCSCCN1CC(=O)NC(CCC)C1=O. The average molecular weight is 254 g/mol. The number of hydrogen-bond donors (Lipinski definition) is 1. The zero-order chi connectivity index (χ0) is 12.7. The van der Waals surface area contributed by atoms with Gasteiger partial charge in [-0.05, 0) is 6.42 Å². The molecule has 0 aromatic carbocycles. The summed E-state index contributed by atoms with van der Waals surface area (Å²) in [5.74, 6) is 3.93. The second-order valence-electron chi connectivity index (χ2n) is 3.93. The Kier molecular flexibility index (Phi) is 5.92. The van der Waals surface area contributed by atoms with Gasteiger partial charge < -0.3 is 10.2 Å². The molecule has 17 heavy (non-hydrogen) atoms. The number of carbonyl (C=O) groups is 2. The number of piperazine rings is 1. The van der Waals surface area contributed by atoms with Crippen molar-refractivity contribution in [3.8, 4) is 12.3 Å². The van der Waals surface area contributed by atoms with Gasteiger partial charge in [0.05, 0.1) is 12.3 Å². The number of rotatable bonds is 6. The molecule has 1 saturated heterocycles. The number of nitrogens with zero attached hydrogens (tertiary/aromatic N) is 1. The summed E-state index contributed by atoms with van der Waals surface area (Å²) in [4.78, 5) is 25.1. The van der Waals surface area contributed by atoms with E-state index >= 15 is 0 Å². The van der Waals surface area contributed by atoms with Crippen molar-refractivity contribution in [2.45, 2.75) is 25.8 Å². The number of terminal acetylenes is 1. The van der Waals surface area contributed by atoms with E-state index in [0.29, 0.717) is 18.7 Å². The zero-order valence-electron chi connectivity index (χ0n) is 10.1. The lowest BCUT2D eigenvalue weighted by Gasteiger charge is -2.32. The van der Waals surface area contributed by atoms with Crippen LogP contribution in [-0.4, -0.2) is 47.4 Å². The highest BCUT2D eigenvalue weighted by molar-refractivity contribution is 7.99. The van der Waals surface area contributed by atoms with Crippen LogP contribution in [0.5, 0.6) is 0 Å². The standard InChI is InChI=1S/C12H18N2O2S/c1-3-5-10-12(16)14(9-11(15)13-10)6-8-17-7-4-2/h2,10H,3,5-9H2,1H3,(H,13,15). The number of amides is 2. The molecule has 94 valence electrons. The van der Waals surface area contributed by atoms with Crippen molar-refractivity contribution in [1.29, 1.82) is 0 Å². The van der Waals surface area contributed by atoms with Crippen LogP contribution in [0.2, 0.25) is 0 Å². The molecule has 1 heterocycles. The molecule has 1 N–H and O–H groups in total. The highest BCUT2D eigenvalue weighted by Gasteiger charge is 2.31. The van der Waals surface area contributed by atoms with Gasteiger partial charge in [-0.25, -0.2) is 0 Å². The number of thioether (sulfide) groups is 1. The first-order valence-corrected chi connectivity index (χ1v) is 6.93. The first-order chi connectivity index (χ1) is 8.19. The molecule has 1 rings (SSSR count). The van der Waals surface area contributed by atoms with Gasteiger partial charge in [-0.15, -0.1) is 18.2 Å². The summed E-state index contributed by atoms with van der Waals surface area (Å²) in [6.45, 7) is 2.77. The van der Waals surface area contributed by atoms with Crippen LogP contribution in [0.3, 0.4) is 0 Å². The Balaban J connectivity index is 2.44. The maximum atomic E-state index is 12.0. The maximum Gasteiger partial charge on any atom is 0.245 e. The molecule has 0 bridgehead atoms. The summed E-state index contributed by atoms with van der Waals surface area (Å²) in [5.41, 5.74) is 0. The Hall–Kier alpha value is -1.15. The third-order valence-corrected chi connectivity index (χ3v) is 3.39. The Labute approximate surface area is 107 Å². The summed E-state index contributed by atoms with van der Waals surface area (Å²) in [5, 5.41) is 2.73. The Morgan fingerprint density at radius 2 is 2.35 bits per heavy atom. The van der Waals surface area contributed by atoms with Crippen molar-refractivity contribution >= 4 is 23.6 Å². The van der Waals surface area contributed by atoms with E-state index < -0.39 is 0 Å². The summed E-state index contributed by atoms with van der Waals surface area (Å²) in [6, 6.07) is -0.334. The molecule has 0 spiro atoms. The number of carbonyl (C=O) groups excluding carboxylic acids is 2. The number of hydrogen-bond acceptors (Lipinski definition) is 3. The lowest BCUT2D eigenvalue weighted by molar-refractivity contribution is -0.144. The second kappa shape index (κ2) is 7.23. The van der Waals surface area contributed by atoms with E-state index in [1.807, 2.05) is 6.92 Å². The third-order valence-electron chi connectivity index (χ3n) is 2.55. The lowest BCUT2D eigenvalue weighted by Crippen LogP contribution is -2.58. The molecule has 1 aliphatic heterocycles. The van der Waals surface area contributed by atoms with Crippen LogP contribution >= 0.6 is 11.8 Å². The summed E-state index contributed by atoms with van der Waals surface area (Å²) < 4.78 is 0. The average Bonchev–Trinajstić information content (AvgIpc) is 2.30. The molecule has 0 saturated carbocycles. The highest BCUT2D eigenvalue weighted by Crippen LogP contribution is 2.09. The summed E-state index contributed by atoms with van der Waals surface area (Å²) in [6.07, 6.45) is 6.74. The predicted molar refractivity (Wildman–Crippen MR) is 69.6 cm³/mol. The topological polar surface area (TPSA) is 49.4 Å². The lowest BCUT2D eigenvalue weighted by atomic mass is 10.1. The van der Waals surface area contributed by atoms with Gasteiger partial charge in [0.2, 0.25) is 11.8 Å². The Morgan fingerprint density at radius 1 is 1.59 bits per heavy atom. The molecular formula is C12H18N2O2S. The molecule has 1 aliphatic rings. The van der Waals surface area contributed by atoms with Gasteiger partial charge in [0, 0.05) is 12.3 Å². The minimum atomic E-state index is -0.334. The molecule has 5 heteroatoms. The monoisotopic (exact) mass is 254 g/mol. The molecule has 0 radical (unpaired) electrons. The molecule has 0 aliphatic carbocycles. The molecule has 0 aromatic rings. The summed E-state index contributed by atoms with van der Waals surface area (Å²) in [7, 11) is 0. The predicted octanol–water partition coefficient (Wildman–Crippen LogP) is 0.480. The van der Waals surface area contributed by atoms with E-state index in [1.165, 1.54) is 0 Å². The Bertz CT molecular complexity index is 325. The van der Waals surface area contributed by atoms with Crippen LogP contribution in [0.25, 0.3) is 0 Å². The van der Waals surface area contributed by atoms with Gasteiger partial charge in [-0.3, -0.25) is 9.59 Å². The molecule has 1 fully saturated rings. The normalized spacial score (nSPS) is 20.0. The van der Waals surface area contributed by atoms with Crippen LogP contribution in [0.4, 0.5) is 0 Å². The molecule has 1 atom stereocenters. The maximum absolute atomic E-state index is 12.0. The largest absolute Gasteiger partial charge is 0.343 e. The first kappa shape index (κ1) is 13.9. The van der Waals surface area contributed by atoms with Crippen molar-refractivity contribution in [3.05, 3.63) is 0 Å². The third kappa shape index (κ3) is 4.31. The van der Waals surface area contributed by atoms with E-state index in [9.17, 15) is 9.59 Å². The van der Waals surface area contributed by atoms with E-state index in [4.69, 9.17) is 6.42 Å². The van der Waals surface area contributed by atoms with Crippen LogP contribution in [0, 0.1) is 12.3 Å². The fourth-order valence-corrected chi connectivity index (χ4v) is 2.36. The quantitative estimate of drug-likeness (QED) is 0.554. The summed E-state index contributed by atoms with van der Waals surface area (Å²) >= 11 is 1.60. The van der Waals surface area contributed by atoms with Gasteiger partial charge in [0.15, 0.2) is 0 Å². The van der Waals surface area contributed by atoms with E-state index in [1.54, 1.807) is 16.7 Å².